The maximum absolute atomic E-state index is 9.81. The van der Waals surface area contributed by atoms with Crippen molar-refractivity contribution in [1.29, 1.82) is 0 Å². The minimum atomic E-state index is -4.69. The van der Waals surface area contributed by atoms with Crippen LogP contribution in [0.25, 0.3) is 0 Å². The summed E-state index contributed by atoms with van der Waals surface area (Å²) >= 11 is -4.69. The van der Waals surface area contributed by atoms with Gasteiger partial charge in [-0.05, 0) is 36.4 Å². The molecule has 0 nitrogen and oxygen atoms in total. The summed E-state index contributed by atoms with van der Waals surface area (Å²) in [5.41, 5.74) is 0. The van der Waals surface area contributed by atoms with Crippen LogP contribution in [0.1, 0.15) is 0 Å². The van der Waals surface area contributed by atoms with Gasteiger partial charge in [-0.25, -0.2) is 0 Å². The van der Waals surface area contributed by atoms with Gasteiger partial charge in [-0.1, -0.05) is 54.6 Å². The smallest absolute Gasteiger partial charge is 0.0619 e. The van der Waals surface area contributed by atoms with Crippen LogP contribution in [0.2, 0.25) is 0 Å². The molecule has 0 saturated carbocycles. The van der Waals surface area contributed by atoms with Crippen molar-refractivity contribution < 1.29 is 10.4 Å². The molecule has 3 aromatic rings. The fourth-order valence-electron chi connectivity index (χ4n) is 2.08. The molecule has 0 amide bonds. The number of rotatable bonds is 3. The molecule has 0 atom stereocenters. The van der Waals surface area contributed by atoms with Gasteiger partial charge in [-0.15, -0.1) is 0 Å². The minimum absolute atomic E-state index is 0.0146. The van der Waals surface area contributed by atoms with Gasteiger partial charge in [0.2, 0.25) is 0 Å². The van der Waals surface area contributed by atoms with E-state index >= 15 is 0 Å². The summed E-state index contributed by atoms with van der Waals surface area (Å²) in [6, 6.07) is 32.2. The summed E-state index contributed by atoms with van der Waals surface area (Å²) in [4.78, 5) is 4.08. The zero-order valence-electron chi connectivity index (χ0n) is 12.1. The molecular formula is C18H15AsF3S+. The molecule has 0 saturated heterocycles. The molecule has 5 heteroatoms. The van der Waals surface area contributed by atoms with Gasteiger partial charge in [-0.3, -0.25) is 0 Å². The molecule has 0 aliphatic rings. The Hall–Kier alpha value is -1.64. The van der Waals surface area contributed by atoms with Crippen molar-refractivity contribution in [2.24, 2.45) is 0 Å². The molecule has 0 aliphatic carbocycles. The fraction of sp³-hybridized carbons (Fsp3) is 0. The molecule has 23 heavy (non-hydrogen) atoms. The molecular weight excluding hydrogens is 380 g/mol. The van der Waals surface area contributed by atoms with Gasteiger partial charge < -0.3 is 0 Å². The first-order valence-electron chi connectivity index (χ1n) is 6.85. The van der Waals surface area contributed by atoms with Gasteiger partial charge in [-0.2, -0.15) is 0 Å². The first-order valence-corrected chi connectivity index (χ1v) is 10.2. The Morgan fingerprint density at radius 3 is 0.913 bits per heavy atom. The van der Waals surface area contributed by atoms with Crippen molar-refractivity contribution in [3.63, 3.8) is 0 Å². The standard InChI is InChI=1S/C18H15S.AsF3/c1-4-10-16(11-5-1)19(17-12-6-2-7-13-17)18-14-8-3-9-15-18;2-1(3)4/h1-15H;/q+1;. The maximum Gasteiger partial charge on any atom is 0.166 e. The van der Waals surface area contributed by atoms with Crippen LogP contribution in [-0.4, -0.2) is 16.1 Å². The van der Waals surface area contributed by atoms with Crippen LogP contribution in [-0.2, 0) is 10.9 Å². The molecule has 0 bridgehead atoms. The molecule has 0 N–H and O–H groups in total. The zero-order valence-corrected chi connectivity index (χ0v) is 14.8. The second-order valence-electron chi connectivity index (χ2n) is 4.44. The summed E-state index contributed by atoms with van der Waals surface area (Å²) in [7, 11) is -0.0146. The van der Waals surface area contributed by atoms with Gasteiger partial charge in [0.25, 0.3) is 0 Å². The predicted molar refractivity (Wildman–Crippen MR) is 90.6 cm³/mol. The van der Waals surface area contributed by atoms with E-state index in [0.29, 0.717) is 0 Å². The van der Waals surface area contributed by atoms with Gasteiger partial charge in [0.1, 0.15) is 0 Å². The molecule has 3 rings (SSSR count). The van der Waals surface area contributed by atoms with Crippen LogP contribution in [0.3, 0.4) is 0 Å². The van der Waals surface area contributed by atoms with E-state index in [4.69, 9.17) is 0 Å². The normalized spacial score (nSPS) is 10.3. The van der Waals surface area contributed by atoms with Gasteiger partial charge in [0.15, 0.2) is 14.7 Å². The molecule has 118 valence electrons. The maximum atomic E-state index is 9.81. The number of halogens is 3. The minimum Gasteiger partial charge on any atom is -0.0619 e. The Balaban J connectivity index is 0.000000433. The number of benzene rings is 3. The molecule has 3 aromatic carbocycles. The van der Waals surface area contributed by atoms with Crippen LogP contribution in [0.15, 0.2) is 106 Å². The third-order valence-electron chi connectivity index (χ3n) is 2.94. The van der Waals surface area contributed by atoms with Crippen molar-refractivity contribution >= 4 is 27.0 Å². The van der Waals surface area contributed by atoms with Crippen LogP contribution >= 0.6 is 0 Å². The zero-order chi connectivity index (χ0) is 16.5. The number of hydrogen-bond acceptors (Lipinski definition) is 0. The second kappa shape index (κ2) is 9.49. The third-order valence-corrected chi connectivity index (χ3v) is 5.17. The topological polar surface area (TPSA) is 0 Å². The number of hydrogen-bond donors (Lipinski definition) is 0. The van der Waals surface area contributed by atoms with Crippen molar-refractivity contribution in [2.75, 3.05) is 0 Å². The van der Waals surface area contributed by atoms with E-state index in [1.165, 1.54) is 14.7 Å². The van der Waals surface area contributed by atoms with Crippen molar-refractivity contribution in [3.8, 4) is 0 Å². The summed E-state index contributed by atoms with van der Waals surface area (Å²) in [5.74, 6) is 0. The Morgan fingerprint density at radius 2 is 0.696 bits per heavy atom. The molecule has 0 fully saturated rings. The second-order valence-corrected chi connectivity index (χ2v) is 7.27. The first-order chi connectivity index (χ1) is 11.2. The molecule has 0 unspecified atom stereocenters. The molecule has 0 heterocycles. The van der Waals surface area contributed by atoms with Crippen molar-refractivity contribution in [3.05, 3.63) is 91.0 Å². The molecule has 0 spiro atoms. The monoisotopic (exact) mass is 395 g/mol. The van der Waals surface area contributed by atoms with Gasteiger partial charge in [0, 0.05) is 0 Å². The quantitative estimate of drug-likeness (QED) is 0.397. The van der Waals surface area contributed by atoms with Gasteiger partial charge >= 0.3 is 26.5 Å². The van der Waals surface area contributed by atoms with E-state index in [0.717, 1.165) is 0 Å². The first kappa shape index (κ1) is 17.7. The van der Waals surface area contributed by atoms with E-state index in [1.54, 1.807) is 0 Å². The average molecular weight is 395 g/mol. The Morgan fingerprint density at radius 1 is 0.478 bits per heavy atom. The Labute approximate surface area is 143 Å². The van der Waals surface area contributed by atoms with Crippen LogP contribution in [0.5, 0.6) is 0 Å². The summed E-state index contributed by atoms with van der Waals surface area (Å²) < 4.78 is 29.4. The largest absolute Gasteiger partial charge is 0.166 e. The van der Waals surface area contributed by atoms with Crippen molar-refractivity contribution in [2.45, 2.75) is 14.7 Å². The van der Waals surface area contributed by atoms with E-state index in [2.05, 4.69) is 91.0 Å². The molecule has 0 aliphatic heterocycles. The van der Waals surface area contributed by atoms with Crippen molar-refractivity contribution in [1.82, 2.24) is 0 Å². The molecule has 0 radical (unpaired) electrons. The molecule has 0 aromatic heterocycles. The summed E-state index contributed by atoms with van der Waals surface area (Å²) in [5, 5.41) is 0. The predicted octanol–water partition coefficient (Wildman–Crippen LogP) is 5.66. The van der Waals surface area contributed by atoms with E-state index in [1.807, 2.05) is 0 Å². The van der Waals surface area contributed by atoms with E-state index < -0.39 is 16.1 Å². The van der Waals surface area contributed by atoms with E-state index in [-0.39, 0.29) is 10.9 Å². The summed E-state index contributed by atoms with van der Waals surface area (Å²) in [6.45, 7) is 0. The fourth-order valence-corrected chi connectivity index (χ4v) is 4.18. The van der Waals surface area contributed by atoms with Crippen LogP contribution < -0.4 is 0 Å². The third kappa shape index (κ3) is 5.81. The van der Waals surface area contributed by atoms with Crippen LogP contribution in [0, 0.1) is 0 Å². The summed E-state index contributed by atoms with van der Waals surface area (Å²) in [6.07, 6.45) is 0. The van der Waals surface area contributed by atoms with Gasteiger partial charge in [0.05, 0.1) is 10.9 Å². The Bertz CT molecular complexity index is 582. The van der Waals surface area contributed by atoms with Crippen LogP contribution in [0.4, 0.5) is 10.4 Å². The van der Waals surface area contributed by atoms with E-state index in [9.17, 15) is 10.4 Å². The SMILES string of the molecule is F[As](F)F.c1ccc([S+](c2ccccc2)c2ccccc2)cc1. The average Bonchev–Trinajstić information content (AvgIpc) is 2.58. The Kier molecular flexibility index (Phi) is 7.30.